The van der Waals surface area contributed by atoms with Crippen molar-refractivity contribution < 1.29 is 18.8 Å². The Balaban J connectivity index is 1.42. The summed E-state index contributed by atoms with van der Waals surface area (Å²) in [6.07, 6.45) is 2.44. The summed E-state index contributed by atoms with van der Waals surface area (Å²) < 4.78 is 16.8. The van der Waals surface area contributed by atoms with Gasteiger partial charge in [-0.15, -0.1) is 0 Å². The number of aromatic nitrogens is 2. The van der Waals surface area contributed by atoms with Crippen LogP contribution in [-0.2, 0) is 9.53 Å². The summed E-state index contributed by atoms with van der Waals surface area (Å²) in [6, 6.07) is 7.64. The van der Waals surface area contributed by atoms with Crippen molar-refractivity contribution in [2.45, 2.75) is 32.3 Å². The number of carbonyl (C=O) groups excluding carboxylic acids is 1. The molecule has 1 unspecified atom stereocenters. The van der Waals surface area contributed by atoms with E-state index in [2.05, 4.69) is 10.1 Å². The normalized spacial score (nSPS) is 21.1. The molecule has 1 aromatic carbocycles. The second-order valence-electron chi connectivity index (χ2n) is 6.84. The smallest absolute Gasteiger partial charge is 0.261 e. The second kappa shape index (κ2) is 7.45. The highest BCUT2D eigenvalue weighted by Gasteiger charge is 2.33. The van der Waals surface area contributed by atoms with Crippen LogP contribution in [0.5, 0.6) is 5.75 Å². The van der Waals surface area contributed by atoms with Gasteiger partial charge in [-0.25, -0.2) is 0 Å². The van der Waals surface area contributed by atoms with E-state index < -0.39 is 0 Å². The number of benzene rings is 1. The Labute approximate surface area is 152 Å². The van der Waals surface area contributed by atoms with E-state index in [1.807, 2.05) is 29.2 Å². The van der Waals surface area contributed by atoms with Crippen LogP contribution in [0.1, 0.15) is 25.1 Å². The monoisotopic (exact) mass is 357 g/mol. The molecule has 2 aliphatic heterocycles. The van der Waals surface area contributed by atoms with Crippen LogP contribution in [0.15, 0.2) is 28.8 Å². The molecule has 3 heterocycles. The summed E-state index contributed by atoms with van der Waals surface area (Å²) in [5.41, 5.74) is 0.780. The molecule has 0 N–H and O–H groups in total. The van der Waals surface area contributed by atoms with Crippen LogP contribution < -0.4 is 4.74 Å². The zero-order valence-electron chi connectivity index (χ0n) is 14.9. The van der Waals surface area contributed by atoms with E-state index in [0.29, 0.717) is 37.2 Å². The number of hydrogen-bond acceptors (Lipinski definition) is 6. The van der Waals surface area contributed by atoms with E-state index in [9.17, 15) is 4.79 Å². The molecule has 0 spiro atoms. The molecular weight excluding hydrogens is 334 g/mol. The lowest BCUT2D eigenvalue weighted by atomic mass is 9.99. The van der Waals surface area contributed by atoms with Gasteiger partial charge >= 0.3 is 0 Å². The molecule has 2 fully saturated rings. The van der Waals surface area contributed by atoms with E-state index in [0.717, 1.165) is 31.4 Å². The molecule has 4 rings (SSSR count). The summed E-state index contributed by atoms with van der Waals surface area (Å²) in [5.74, 6) is 2.08. The zero-order valence-corrected chi connectivity index (χ0v) is 14.9. The van der Waals surface area contributed by atoms with Crippen molar-refractivity contribution >= 4 is 5.91 Å². The van der Waals surface area contributed by atoms with Crippen molar-refractivity contribution in [1.82, 2.24) is 15.0 Å². The van der Waals surface area contributed by atoms with Crippen LogP contribution in [0.25, 0.3) is 11.5 Å². The molecule has 2 aromatic rings. The van der Waals surface area contributed by atoms with Gasteiger partial charge in [0.1, 0.15) is 11.9 Å². The number of para-hydroxylation sites is 1. The molecule has 1 aromatic heterocycles. The number of aryl methyl sites for hydroxylation is 1. The Morgan fingerprint density at radius 1 is 1.23 bits per heavy atom. The summed E-state index contributed by atoms with van der Waals surface area (Å²) in [7, 11) is 0. The maximum Gasteiger partial charge on any atom is 0.261 e. The maximum absolute atomic E-state index is 12.7. The van der Waals surface area contributed by atoms with E-state index in [-0.39, 0.29) is 17.9 Å². The van der Waals surface area contributed by atoms with Gasteiger partial charge in [0.2, 0.25) is 5.91 Å². The van der Waals surface area contributed by atoms with Crippen LogP contribution in [0.2, 0.25) is 0 Å². The van der Waals surface area contributed by atoms with Gasteiger partial charge in [-0.3, -0.25) is 4.79 Å². The van der Waals surface area contributed by atoms with Crippen molar-refractivity contribution in [1.29, 1.82) is 0 Å². The summed E-state index contributed by atoms with van der Waals surface area (Å²) in [6.45, 7) is 4.51. The quantitative estimate of drug-likeness (QED) is 0.836. The highest BCUT2D eigenvalue weighted by molar-refractivity contribution is 5.79. The number of hydrogen-bond donors (Lipinski definition) is 0. The van der Waals surface area contributed by atoms with Gasteiger partial charge in [0.05, 0.1) is 12.1 Å². The molecule has 1 atom stereocenters. The molecule has 1 amide bonds. The Hall–Kier alpha value is -2.41. The highest BCUT2D eigenvalue weighted by Crippen LogP contribution is 2.31. The molecule has 138 valence electrons. The van der Waals surface area contributed by atoms with E-state index in [4.69, 9.17) is 14.0 Å². The predicted octanol–water partition coefficient (Wildman–Crippen LogP) is 2.45. The molecule has 2 aliphatic rings. The van der Waals surface area contributed by atoms with Crippen molar-refractivity contribution in [3.05, 3.63) is 30.1 Å². The van der Waals surface area contributed by atoms with Crippen LogP contribution in [0.3, 0.4) is 0 Å². The first-order chi connectivity index (χ1) is 12.7. The summed E-state index contributed by atoms with van der Waals surface area (Å²) >= 11 is 0. The number of amides is 1. The minimum atomic E-state index is -0.0241. The van der Waals surface area contributed by atoms with Crippen molar-refractivity contribution in [3.63, 3.8) is 0 Å². The van der Waals surface area contributed by atoms with Gasteiger partial charge in [-0.2, -0.15) is 4.98 Å². The average Bonchev–Trinajstić information content (AvgIpc) is 3.31. The summed E-state index contributed by atoms with van der Waals surface area (Å²) in [4.78, 5) is 18.9. The third-order valence-electron chi connectivity index (χ3n) is 4.97. The van der Waals surface area contributed by atoms with Gasteiger partial charge in [0.15, 0.2) is 5.82 Å². The van der Waals surface area contributed by atoms with E-state index in [1.165, 1.54) is 0 Å². The fraction of sp³-hybridized carbons (Fsp3) is 0.526. The average molecular weight is 357 g/mol. The lowest BCUT2D eigenvalue weighted by Gasteiger charge is -2.26. The van der Waals surface area contributed by atoms with Crippen LogP contribution >= 0.6 is 0 Å². The first kappa shape index (κ1) is 17.0. The molecule has 0 aliphatic carbocycles. The Morgan fingerprint density at radius 3 is 2.81 bits per heavy atom. The van der Waals surface area contributed by atoms with Gasteiger partial charge in [0, 0.05) is 32.1 Å². The van der Waals surface area contributed by atoms with E-state index >= 15 is 0 Å². The standard InChI is InChI=1S/C19H23N3O4/c1-13-20-18(26-21-13)16-4-2-3-5-17(16)25-15-6-9-22(12-15)19(23)14-7-10-24-11-8-14/h2-5,14-15H,6-12H2,1H3. The van der Waals surface area contributed by atoms with Gasteiger partial charge < -0.3 is 18.9 Å². The predicted molar refractivity (Wildman–Crippen MR) is 93.6 cm³/mol. The third kappa shape index (κ3) is 3.58. The minimum Gasteiger partial charge on any atom is -0.488 e. The lowest BCUT2D eigenvalue weighted by molar-refractivity contribution is -0.137. The lowest BCUT2D eigenvalue weighted by Crippen LogP contribution is -2.38. The van der Waals surface area contributed by atoms with Crippen molar-refractivity contribution in [2.75, 3.05) is 26.3 Å². The first-order valence-corrected chi connectivity index (χ1v) is 9.13. The van der Waals surface area contributed by atoms with Gasteiger partial charge in [-0.1, -0.05) is 17.3 Å². The molecule has 0 bridgehead atoms. The second-order valence-corrected chi connectivity index (χ2v) is 6.84. The van der Waals surface area contributed by atoms with Gasteiger partial charge in [0.25, 0.3) is 5.89 Å². The van der Waals surface area contributed by atoms with Crippen LogP contribution in [0, 0.1) is 12.8 Å². The molecular formula is C19H23N3O4. The number of ether oxygens (including phenoxy) is 2. The first-order valence-electron chi connectivity index (χ1n) is 9.13. The number of likely N-dealkylation sites (tertiary alicyclic amines) is 1. The minimum absolute atomic E-state index is 0.0241. The number of nitrogens with zero attached hydrogens (tertiary/aromatic N) is 3. The largest absolute Gasteiger partial charge is 0.488 e. The Morgan fingerprint density at radius 2 is 2.04 bits per heavy atom. The Kier molecular flexibility index (Phi) is 4.88. The fourth-order valence-electron chi connectivity index (χ4n) is 3.56. The Bertz CT molecular complexity index is 770. The van der Waals surface area contributed by atoms with Crippen molar-refractivity contribution in [3.8, 4) is 17.2 Å². The molecule has 26 heavy (non-hydrogen) atoms. The topological polar surface area (TPSA) is 77.7 Å². The molecule has 7 heteroatoms. The number of carbonyl (C=O) groups is 1. The molecule has 0 saturated carbocycles. The fourth-order valence-corrected chi connectivity index (χ4v) is 3.56. The van der Waals surface area contributed by atoms with Crippen molar-refractivity contribution in [2.24, 2.45) is 5.92 Å². The highest BCUT2D eigenvalue weighted by atomic mass is 16.5. The zero-order chi connectivity index (χ0) is 17.9. The summed E-state index contributed by atoms with van der Waals surface area (Å²) in [5, 5.41) is 3.85. The molecule has 0 radical (unpaired) electrons. The molecule has 7 nitrogen and oxygen atoms in total. The molecule has 2 saturated heterocycles. The van der Waals surface area contributed by atoms with Crippen LogP contribution in [-0.4, -0.2) is 53.4 Å². The van der Waals surface area contributed by atoms with Gasteiger partial charge in [-0.05, 0) is 31.9 Å². The maximum atomic E-state index is 12.7. The van der Waals surface area contributed by atoms with Crippen LogP contribution in [0.4, 0.5) is 0 Å². The number of rotatable bonds is 4. The SMILES string of the molecule is Cc1noc(-c2ccccc2OC2CCN(C(=O)C3CCOCC3)C2)n1. The third-order valence-corrected chi connectivity index (χ3v) is 4.97. The van der Waals surface area contributed by atoms with E-state index in [1.54, 1.807) is 6.92 Å².